The van der Waals surface area contributed by atoms with Crippen molar-refractivity contribution in [1.29, 1.82) is 0 Å². The van der Waals surface area contributed by atoms with E-state index in [0.29, 0.717) is 21.4 Å². The van der Waals surface area contributed by atoms with Crippen LogP contribution in [0, 0.1) is 0 Å². The van der Waals surface area contributed by atoms with Crippen LogP contribution >= 0.6 is 39.1 Å². The molecule has 0 unspecified atom stereocenters. The van der Waals surface area contributed by atoms with Crippen LogP contribution in [0.1, 0.15) is 18.1 Å². The van der Waals surface area contributed by atoms with E-state index in [-0.39, 0.29) is 5.91 Å². The monoisotopic (exact) mass is 396 g/mol. The quantitative estimate of drug-likeness (QED) is 0.724. The van der Waals surface area contributed by atoms with Crippen molar-refractivity contribution in [2.75, 3.05) is 5.32 Å². The maximum absolute atomic E-state index is 12.3. The van der Waals surface area contributed by atoms with E-state index in [1.165, 1.54) is 0 Å². The van der Waals surface area contributed by atoms with E-state index in [1.54, 1.807) is 18.2 Å². The summed E-state index contributed by atoms with van der Waals surface area (Å²) in [6.07, 6.45) is 0.817. The van der Waals surface area contributed by atoms with E-state index >= 15 is 0 Å². The van der Waals surface area contributed by atoms with Crippen LogP contribution in [-0.4, -0.2) is 11.6 Å². The molecule has 3 nitrogen and oxygen atoms in total. The lowest BCUT2D eigenvalue weighted by atomic mass is 10.0. The molecule has 0 radical (unpaired) electrons. The fourth-order valence-electron chi connectivity index (χ4n) is 2.37. The molecular formula is C16H11BrCl2N2O. The van der Waals surface area contributed by atoms with Gasteiger partial charge in [0, 0.05) is 15.1 Å². The predicted octanol–water partition coefficient (Wildman–Crippen LogP) is 5.39. The van der Waals surface area contributed by atoms with Crippen molar-refractivity contribution < 1.29 is 4.79 Å². The van der Waals surface area contributed by atoms with E-state index in [1.807, 2.05) is 19.1 Å². The number of aryl methyl sites for hydroxylation is 1. The molecule has 1 heterocycles. The zero-order chi connectivity index (χ0) is 15.9. The normalized spacial score (nSPS) is 15.1. The van der Waals surface area contributed by atoms with Gasteiger partial charge in [-0.2, -0.15) is 0 Å². The molecule has 0 saturated carbocycles. The number of halogens is 3. The summed E-state index contributed by atoms with van der Waals surface area (Å²) in [7, 11) is 0. The maximum atomic E-state index is 12.3. The van der Waals surface area contributed by atoms with Gasteiger partial charge in [-0.15, -0.1) is 0 Å². The van der Waals surface area contributed by atoms with Gasteiger partial charge in [0.15, 0.2) is 0 Å². The molecule has 0 aliphatic carbocycles. The zero-order valence-electron chi connectivity index (χ0n) is 11.6. The lowest BCUT2D eigenvalue weighted by Crippen LogP contribution is -2.14. The molecule has 3 rings (SSSR count). The highest BCUT2D eigenvalue weighted by molar-refractivity contribution is 9.10. The van der Waals surface area contributed by atoms with Crippen molar-refractivity contribution >= 4 is 62.1 Å². The third-order valence-electron chi connectivity index (χ3n) is 3.42. The predicted molar refractivity (Wildman–Crippen MR) is 94.8 cm³/mol. The van der Waals surface area contributed by atoms with Crippen molar-refractivity contribution in [1.82, 2.24) is 0 Å². The van der Waals surface area contributed by atoms with Gasteiger partial charge in [0.25, 0.3) is 5.91 Å². The fraction of sp³-hybridized carbons (Fsp3) is 0.125. The van der Waals surface area contributed by atoms with Gasteiger partial charge in [0.2, 0.25) is 0 Å². The topological polar surface area (TPSA) is 41.5 Å². The van der Waals surface area contributed by atoms with Gasteiger partial charge in [-0.3, -0.25) is 4.79 Å². The molecule has 6 heteroatoms. The number of fused-ring (bicyclic) bond motifs is 1. The second-order valence-corrected chi connectivity index (χ2v) is 6.61. The largest absolute Gasteiger partial charge is 0.320 e. The lowest BCUT2D eigenvalue weighted by Gasteiger charge is -2.06. The molecule has 1 aliphatic rings. The highest BCUT2D eigenvalue weighted by Crippen LogP contribution is 2.34. The van der Waals surface area contributed by atoms with Crippen LogP contribution in [0.2, 0.25) is 10.0 Å². The van der Waals surface area contributed by atoms with E-state index in [4.69, 9.17) is 23.2 Å². The Morgan fingerprint density at radius 2 is 2.00 bits per heavy atom. The number of carbonyl (C=O) groups excluding carboxylic acids is 1. The maximum Gasteiger partial charge on any atom is 0.275 e. The molecule has 0 atom stereocenters. The number of nitrogens with zero attached hydrogens (tertiary/aromatic N) is 1. The highest BCUT2D eigenvalue weighted by atomic mass is 79.9. The summed E-state index contributed by atoms with van der Waals surface area (Å²) in [6.45, 7) is 2.04. The fourth-order valence-corrected chi connectivity index (χ4v) is 3.33. The van der Waals surface area contributed by atoms with Crippen LogP contribution in [0.15, 0.2) is 39.8 Å². The molecule has 0 spiro atoms. The summed E-state index contributed by atoms with van der Waals surface area (Å²) >= 11 is 15.5. The highest BCUT2D eigenvalue weighted by Gasteiger charge is 2.28. The minimum atomic E-state index is -0.228. The van der Waals surface area contributed by atoms with E-state index in [2.05, 4.69) is 26.2 Å². The third-order valence-corrected chi connectivity index (χ3v) is 4.41. The van der Waals surface area contributed by atoms with Crippen LogP contribution in [0.25, 0.3) is 0 Å². The number of hydrogen-bond acceptors (Lipinski definition) is 2. The number of anilines is 1. The second-order valence-electron chi connectivity index (χ2n) is 4.85. The Morgan fingerprint density at radius 1 is 1.23 bits per heavy atom. The number of benzene rings is 2. The average Bonchev–Trinajstić information content (AvgIpc) is 2.77. The van der Waals surface area contributed by atoms with Crippen molar-refractivity contribution in [3.8, 4) is 0 Å². The van der Waals surface area contributed by atoms with Gasteiger partial charge in [-0.05, 0) is 42.3 Å². The Labute approximate surface area is 146 Å². The SMILES string of the molecule is CCc1cc(Br)cc2c1NC(=O)C2=Nc1ccc(Cl)cc1Cl. The van der Waals surface area contributed by atoms with Gasteiger partial charge in [0.1, 0.15) is 5.71 Å². The molecule has 22 heavy (non-hydrogen) atoms. The molecule has 1 amide bonds. The first kappa shape index (κ1) is 15.5. The van der Waals surface area contributed by atoms with Gasteiger partial charge in [0.05, 0.1) is 16.4 Å². The Morgan fingerprint density at radius 3 is 2.68 bits per heavy atom. The lowest BCUT2D eigenvalue weighted by molar-refractivity contribution is -0.110. The van der Waals surface area contributed by atoms with E-state index in [9.17, 15) is 4.79 Å². The Bertz CT molecular complexity index is 818. The van der Waals surface area contributed by atoms with Crippen molar-refractivity contribution in [2.45, 2.75) is 13.3 Å². The standard InChI is InChI=1S/C16H11BrCl2N2O/c1-2-8-5-9(17)6-11-14(8)21-16(22)15(11)20-13-4-3-10(18)7-12(13)19/h3-7H,2H2,1H3,(H,20,21,22). The summed E-state index contributed by atoms with van der Waals surface area (Å²) in [5, 5.41) is 3.82. The Balaban J connectivity index is 2.16. The summed E-state index contributed by atoms with van der Waals surface area (Å²) in [4.78, 5) is 16.7. The molecule has 2 aromatic carbocycles. The van der Waals surface area contributed by atoms with E-state index < -0.39 is 0 Å². The van der Waals surface area contributed by atoms with E-state index in [0.717, 1.165) is 27.7 Å². The minimum absolute atomic E-state index is 0.228. The number of rotatable bonds is 2. The van der Waals surface area contributed by atoms with Gasteiger partial charge in [-0.25, -0.2) is 4.99 Å². The zero-order valence-corrected chi connectivity index (χ0v) is 14.7. The first-order valence-electron chi connectivity index (χ1n) is 6.67. The molecule has 112 valence electrons. The first-order chi connectivity index (χ1) is 10.5. The van der Waals surface area contributed by atoms with Crippen LogP contribution < -0.4 is 5.32 Å². The van der Waals surface area contributed by atoms with Crippen LogP contribution in [0.5, 0.6) is 0 Å². The molecular weight excluding hydrogens is 387 g/mol. The first-order valence-corrected chi connectivity index (χ1v) is 8.22. The van der Waals surface area contributed by atoms with Crippen molar-refractivity contribution in [3.05, 3.63) is 56.0 Å². The average molecular weight is 398 g/mol. The number of hydrogen-bond donors (Lipinski definition) is 1. The van der Waals surface area contributed by atoms with Crippen LogP contribution in [-0.2, 0) is 11.2 Å². The van der Waals surface area contributed by atoms with Gasteiger partial charge < -0.3 is 5.32 Å². The van der Waals surface area contributed by atoms with Crippen LogP contribution in [0.3, 0.4) is 0 Å². The van der Waals surface area contributed by atoms with Crippen molar-refractivity contribution in [3.63, 3.8) is 0 Å². The van der Waals surface area contributed by atoms with Gasteiger partial charge in [-0.1, -0.05) is 46.1 Å². The Kier molecular flexibility index (Phi) is 4.26. The number of nitrogens with one attached hydrogen (secondary N) is 1. The number of carbonyl (C=O) groups is 1. The summed E-state index contributed by atoms with van der Waals surface area (Å²) in [6, 6.07) is 8.88. The second kappa shape index (κ2) is 6.03. The molecule has 0 saturated heterocycles. The van der Waals surface area contributed by atoms with Crippen LogP contribution in [0.4, 0.5) is 11.4 Å². The Hall–Kier alpha value is -1.36. The summed E-state index contributed by atoms with van der Waals surface area (Å²) in [5.74, 6) is -0.228. The van der Waals surface area contributed by atoms with Gasteiger partial charge >= 0.3 is 0 Å². The molecule has 1 aliphatic heterocycles. The van der Waals surface area contributed by atoms with Crippen molar-refractivity contribution in [2.24, 2.45) is 4.99 Å². The summed E-state index contributed by atoms with van der Waals surface area (Å²) in [5.41, 5.74) is 3.53. The minimum Gasteiger partial charge on any atom is -0.320 e. The number of aliphatic imine (C=N–C) groups is 1. The molecule has 0 aromatic heterocycles. The molecule has 1 N–H and O–H groups in total. The smallest absolute Gasteiger partial charge is 0.275 e. The molecule has 2 aromatic rings. The number of amides is 1. The third kappa shape index (κ3) is 2.78. The molecule has 0 fully saturated rings. The summed E-state index contributed by atoms with van der Waals surface area (Å²) < 4.78 is 0.912. The molecule has 0 bridgehead atoms.